The lowest BCUT2D eigenvalue weighted by atomic mass is 9.57. The molecule has 1 aromatic rings. The molecule has 0 saturated heterocycles. The van der Waals surface area contributed by atoms with E-state index in [0.29, 0.717) is 11.1 Å². The number of carbonyl (C=O) groups is 3. The van der Waals surface area contributed by atoms with Gasteiger partial charge in [-0.3, -0.25) is 19.3 Å². The van der Waals surface area contributed by atoms with E-state index < -0.39 is 58.0 Å². The molecule has 0 bridgehead atoms. The number of phenols is 1. The minimum atomic E-state index is -2.65. The first-order valence-corrected chi connectivity index (χ1v) is 13.1. The summed E-state index contributed by atoms with van der Waals surface area (Å²) in [6.07, 6.45) is 3.87. The van der Waals surface area contributed by atoms with Gasteiger partial charge in [0.25, 0.3) is 5.91 Å². The Bertz CT molecular complexity index is 1370. The number of aliphatic hydroxyl groups excluding tert-OH is 2. The van der Waals surface area contributed by atoms with Gasteiger partial charge in [-0.1, -0.05) is 25.0 Å². The largest absolute Gasteiger partial charge is 0.508 e. The normalized spacial score (nSPS) is 27.0. The number of anilines is 1. The number of phenolic OH excluding ortho intramolecular Hbond substituents is 1. The molecule has 0 radical (unpaired) electrons. The molecule has 3 aliphatic rings. The molecule has 1 aromatic carbocycles. The van der Waals surface area contributed by atoms with Crippen LogP contribution in [0.1, 0.15) is 49.8 Å². The van der Waals surface area contributed by atoms with Crippen molar-refractivity contribution in [1.29, 1.82) is 0 Å². The zero-order chi connectivity index (χ0) is 29.1. The van der Waals surface area contributed by atoms with Crippen LogP contribution in [0.3, 0.4) is 0 Å². The fourth-order valence-corrected chi connectivity index (χ4v) is 6.55. The third-order valence-electron chi connectivity index (χ3n) is 8.25. The van der Waals surface area contributed by atoms with Gasteiger partial charge in [-0.25, -0.2) is 0 Å². The van der Waals surface area contributed by atoms with Crippen LogP contribution < -0.4 is 10.6 Å². The van der Waals surface area contributed by atoms with Gasteiger partial charge in [-0.05, 0) is 57.8 Å². The maximum Gasteiger partial charge on any atom is 0.255 e. The monoisotopic (exact) mass is 539 g/mol. The number of nitrogens with zero attached hydrogens (tertiary/aromatic N) is 2. The number of aliphatic hydroxyl groups is 3. The topological polar surface area (TPSA) is 165 Å². The van der Waals surface area contributed by atoms with Crippen molar-refractivity contribution in [2.24, 2.45) is 17.6 Å². The quantitative estimate of drug-likeness (QED) is 0.341. The first-order chi connectivity index (χ1) is 18.2. The van der Waals surface area contributed by atoms with E-state index in [1.54, 1.807) is 14.1 Å². The summed E-state index contributed by atoms with van der Waals surface area (Å²) in [4.78, 5) is 42.7. The summed E-state index contributed by atoms with van der Waals surface area (Å²) in [5.41, 5.74) is 4.72. The third-order valence-corrected chi connectivity index (χ3v) is 8.25. The van der Waals surface area contributed by atoms with Gasteiger partial charge in [0.15, 0.2) is 11.4 Å². The molecule has 4 atom stereocenters. The molecule has 4 rings (SSSR count). The highest BCUT2D eigenvalue weighted by molar-refractivity contribution is 6.24. The molecule has 0 spiro atoms. The first kappa shape index (κ1) is 28.4. The van der Waals surface area contributed by atoms with Crippen molar-refractivity contribution in [3.63, 3.8) is 0 Å². The highest BCUT2D eigenvalue weighted by Gasteiger charge is 2.64. The summed E-state index contributed by atoms with van der Waals surface area (Å²) in [7, 11) is 6.84. The summed E-state index contributed by atoms with van der Waals surface area (Å²) in [6, 6.07) is 0.728. The summed E-state index contributed by atoms with van der Waals surface area (Å²) in [6.45, 7) is 3.99. The number of fused-ring (bicyclic) bond motifs is 3. The van der Waals surface area contributed by atoms with Gasteiger partial charge in [0.05, 0.1) is 11.6 Å². The highest BCUT2D eigenvalue weighted by atomic mass is 16.3. The predicted octanol–water partition coefficient (Wildman–Crippen LogP) is 2.23. The lowest BCUT2D eigenvalue weighted by Crippen LogP contribution is -2.65. The highest BCUT2D eigenvalue weighted by Crippen LogP contribution is 2.54. The van der Waals surface area contributed by atoms with Crippen molar-refractivity contribution in [3.05, 3.63) is 45.2 Å². The van der Waals surface area contributed by atoms with Crippen molar-refractivity contribution in [3.8, 4) is 5.75 Å². The average molecular weight is 540 g/mol. The number of ketones is 2. The van der Waals surface area contributed by atoms with E-state index >= 15 is 0 Å². The summed E-state index contributed by atoms with van der Waals surface area (Å²) in [5, 5.41) is 45.6. The van der Waals surface area contributed by atoms with Gasteiger partial charge in [0.2, 0.25) is 5.78 Å². The van der Waals surface area contributed by atoms with Crippen LogP contribution in [0.25, 0.3) is 11.8 Å². The summed E-state index contributed by atoms with van der Waals surface area (Å²) < 4.78 is 0. The minimum Gasteiger partial charge on any atom is -0.508 e. The fourth-order valence-electron chi connectivity index (χ4n) is 6.55. The molecular weight excluding hydrogens is 502 g/mol. The molecule has 0 aliphatic heterocycles. The lowest BCUT2D eigenvalue weighted by molar-refractivity contribution is -0.153. The second-order valence-electron chi connectivity index (χ2n) is 11.3. The molecule has 210 valence electrons. The van der Waals surface area contributed by atoms with Crippen LogP contribution in [0.15, 0.2) is 28.5 Å². The van der Waals surface area contributed by atoms with Crippen molar-refractivity contribution in [2.45, 2.75) is 51.2 Å². The number of hydrogen-bond acceptors (Lipinski definition) is 9. The molecule has 0 unspecified atom stereocenters. The van der Waals surface area contributed by atoms with E-state index in [-0.39, 0.29) is 29.7 Å². The number of likely N-dealkylation sites (N-methyl/N-ethyl adjacent to an activating group) is 1. The Kier molecular flexibility index (Phi) is 7.16. The van der Waals surface area contributed by atoms with Crippen LogP contribution in [-0.2, 0) is 20.8 Å². The van der Waals surface area contributed by atoms with Crippen LogP contribution in [0.4, 0.5) is 5.69 Å². The number of carbonyl (C=O) groups excluding carboxylic acids is 3. The second kappa shape index (κ2) is 9.84. The van der Waals surface area contributed by atoms with Gasteiger partial charge in [0, 0.05) is 36.8 Å². The fraction of sp³-hybridized carbons (Fsp3) is 0.483. The van der Waals surface area contributed by atoms with Crippen LogP contribution >= 0.6 is 0 Å². The molecular formula is C29H37N3O7. The van der Waals surface area contributed by atoms with Crippen molar-refractivity contribution in [2.75, 3.05) is 33.1 Å². The van der Waals surface area contributed by atoms with E-state index in [0.717, 1.165) is 24.1 Å². The van der Waals surface area contributed by atoms with E-state index in [1.165, 1.54) is 4.90 Å². The molecule has 0 aromatic heterocycles. The molecule has 39 heavy (non-hydrogen) atoms. The number of primary amides is 1. The molecule has 1 amide bonds. The number of Topliss-reactive ketones (excluding diaryl/α,β-unsaturated/α-hetero) is 2. The van der Waals surface area contributed by atoms with Gasteiger partial charge in [-0.2, -0.15) is 0 Å². The number of aromatic hydroxyl groups is 1. The zero-order valence-electron chi connectivity index (χ0n) is 23.2. The molecule has 1 fully saturated rings. The summed E-state index contributed by atoms with van der Waals surface area (Å²) >= 11 is 0. The van der Waals surface area contributed by atoms with E-state index in [4.69, 9.17) is 5.73 Å². The van der Waals surface area contributed by atoms with Gasteiger partial charge in [-0.15, -0.1) is 0 Å². The van der Waals surface area contributed by atoms with Crippen LogP contribution in [0, 0.1) is 11.8 Å². The van der Waals surface area contributed by atoms with E-state index in [1.807, 2.05) is 45.0 Å². The number of amides is 1. The predicted molar refractivity (Wildman–Crippen MR) is 147 cm³/mol. The Labute approximate surface area is 227 Å². The Balaban J connectivity index is 2.00. The van der Waals surface area contributed by atoms with Crippen molar-refractivity contribution >= 4 is 35.0 Å². The standard InChI is InChI=1S/C29H37N3O7/c1-7-8-13(2)9-15-12-18(31(3)4)16-10-14-11-17-22(32(5)6)25(35)21(28(30)38)27(37)29(17,39)26(36)19(14)24(34)20(16)23(15)33/h9,12,14,17,22,33-34,37,39H,7-8,10-11H2,1-6H3,(H2,30,38)/b13-9-/t14-,17-,22-,29-/m0/s1. The number of hydrogen-bond donors (Lipinski definition) is 5. The van der Waals surface area contributed by atoms with Gasteiger partial charge >= 0.3 is 0 Å². The Hall–Kier alpha value is -3.63. The van der Waals surface area contributed by atoms with Crippen LogP contribution in [0.5, 0.6) is 5.75 Å². The van der Waals surface area contributed by atoms with Gasteiger partial charge < -0.3 is 31.1 Å². The van der Waals surface area contributed by atoms with Crippen molar-refractivity contribution in [1.82, 2.24) is 4.90 Å². The maximum atomic E-state index is 14.0. The molecule has 1 saturated carbocycles. The SMILES string of the molecule is CCC/C(C)=C\c1cc(N(C)C)c2c(c1O)C(O)=C1C(=O)[C@]3(O)C(O)=C(C(N)=O)C(=O)[C@@H](N(C)C)[C@@H]3C[C@@H]1C2. The minimum absolute atomic E-state index is 0.0522. The molecule has 3 aliphatic carbocycles. The van der Waals surface area contributed by atoms with Gasteiger partial charge in [0.1, 0.15) is 22.8 Å². The summed E-state index contributed by atoms with van der Waals surface area (Å²) in [5.74, 6) is -6.55. The third kappa shape index (κ3) is 4.13. The first-order valence-electron chi connectivity index (χ1n) is 13.1. The zero-order valence-corrected chi connectivity index (χ0v) is 23.2. The number of rotatable bonds is 6. The molecule has 0 heterocycles. The molecule has 10 nitrogen and oxygen atoms in total. The molecule has 10 heteroatoms. The van der Waals surface area contributed by atoms with Crippen LogP contribution in [0.2, 0.25) is 0 Å². The average Bonchev–Trinajstić information content (AvgIpc) is 2.82. The smallest absolute Gasteiger partial charge is 0.255 e. The van der Waals surface area contributed by atoms with Crippen molar-refractivity contribution < 1.29 is 34.8 Å². The number of benzene rings is 1. The van der Waals surface area contributed by atoms with E-state index in [2.05, 4.69) is 0 Å². The maximum absolute atomic E-state index is 14.0. The Morgan fingerprint density at radius 1 is 1.18 bits per heavy atom. The number of nitrogens with two attached hydrogens (primary N) is 1. The lowest BCUT2D eigenvalue weighted by Gasteiger charge is -2.50. The van der Waals surface area contributed by atoms with Crippen LogP contribution in [-0.4, -0.2) is 82.6 Å². The van der Waals surface area contributed by atoms with E-state index in [9.17, 15) is 34.8 Å². The Morgan fingerprint density at radius 2 is 1.82 bits per heavy atom. The second-order valence-corrected chi connectivity index (χ2v) is 11.3. The molecule has 6 N–H and O–H groups in total. The number of allylic oxidation sites excluding steroid dienone is 1. The Morgan fingerprint density at radius 3 is 2.36 bits per heavy atom.